The maximum atomic E-state index is 13.8. The lowest BCUT2D eigenvalue weighted by Crippen LogP contribution is -2.41. The molecule has 1 fully saturated rings. The van der Waals surface area contributed by atoms with E-state index in [9.17, 15) is 4.79 Å². The van der Waals surface area contributed by atoms with Crippen molar-refractivity contribution in [2.75, 3.05) is 56.9 Å². The van der Waals surface area contributed by atoms with Crippen molar-refractivity contribution in [2.45, 2.75) is 58.4 Å². The van der Waals surface area contributed by atoms with E-state index in [0.29, 0.717) is 36.3 Å². The first-order valence-corrected chi connectivity index (χ1v) is 18.6. The predicted octanol–water partition coefficient (Wildman–Crippen LogP) is 7.31. The lowest BCUT2D eigenvalue weighted by molar-refractivity contribution is 0.102. The number of para-hydroxylation sites is 1. The first kappa shape index (κ1) is 36.0. The molecule has 1 amide bonds. The molecule has 0 spiro atoms. The second-order valence-electron chi connectivity index (χ2n) is 14.1. The second-order valence-corrected chi connectivity index (χ2v) is 14.1. The zero-order valence-electron chi connectivity index (χ0n) is 31.9. The van der Waals surface area contributed by atoms with Gasteiger partial charge in [0.25, 0.3) is 5.91 Å². The molecule has 2 aliphatic rings. The molecular formula is C42H50N8O3. The molecule has 0 atom stereocenters. The zero-order valence-corrected chi connectivity index (χ0v) is 31.9. The number of methoxy groups -OCH3 is 2. The summed E-state index contributed by atoms with van der Waals surface area (Å²) in [6, 6.07) is 19.3. The minimum atomic E-state index is -0.200. The predicted molar refractivity (Wildman–Crippen MR) is 212 cm³/mol. The SMILES string of the molecule is CCc1cccc(CC)c1NC(=O)c1nn(C)c2c1CCc1cnc(Nc3ccc(-c4ccc(N5CCC(N(C)C)CC5)cc4OC)cc3OC)nc1-2. The van der Waals surface area contributed by atoms with E-state index in [0.717, 1.165) is 101 Å². The van der Waals surface area contributed by atoms with Gasteiger partial charge in [0.2, 0.25) is 5.95 Å². The summed E-state index contributed by atoms with van der Waals surface area (Å²) in [5, 5.41) is 11.3. The van der Waals surface area contributed by atoms with Crippen molar-refractivity contribution in [2.24, 2.45) is 7.05 Å². The summed E-state index contributed by atoms with van der Waals surface area (Å²) in [4.78, 5) is 28.2. The summed E-state index contributed by atoms with van der Waals surface area (Å²) in [6.45, 7) is 6.25. The molecule has 53 heavy (non-hydrogen) atoms. The highest BCUT2D eigenvalue weighted by Crippen LogP contribution is 2.40. The van der Waals surface area contributed by atoms with E-state index in [1.165, 1.54) is 5.69 Å². The third-order valence-electron chi connectivity index (χ3n) is 10.8. The van der Waals surface area contributed by atoms with Crippen LogP contribution in [0, 0.1) is 0 Å². The highest BCUT2D eigenvalue weighted by molar-refractivity contribution is 6.06. The second kappa shape index (κ2) is 15.3. The molecule has 0 saturated carbocycles. The van der Waals surface area contributed by atoms with E-state index in [-0.39, 0.29) is 5.91 Å². The van der Waals surface area contributed by atoms with Gasteiger partial charge in [0.05, 0.1) is 31.3 Å². The first-order chi connectivity index (χ1) is 25.7. The van der Waals surface area contributed by atoms with Crippen molar-refractivity contribution in [1.82, 2.24) is 24.6 Å². The number of benzene rings is 3. The molecule has 7 rings (SSSR count). The molecule has 3 aromatic carbocycles. The third kappa shape index (κ3) is 7.05. The van der Waals surface area contributed by atoms with E-state index >= 15 is 0 Å². The van der Waals surface area contributed by atoms with Gasteiger partial charge < -0.3 is 29.9 Å². The van der Waals surface area contributed by atoms with Gasteiger partial charge in [-0.2, -0.15) is 5.10 Å². The molecule has 2 aromatic heterocycles. The number of anilines is 4. The Balaban J connectivity index is 1.12. The highest BCUT2D eigenvalue weighted by Gasteiger charge is 2.30. The zero-order chi connectivity index (χ0) is 37.2. The minimum absolute atomic E-state index is 0.200. The van der Waals surface area contributed by atoms with Crippen LogP contribution in [0.25, 0.3) is 22.5 Å². The molecule has 1 aliphatic heterocycles. The van der Waals surface area contributed by atoms with Crippen LogP contribution in [0.1, 0.15) is 59.4 Å². The van der Waals surface area contributed by atoms with Crippen molar-refractivity contribution in [3.63, 3.8) is 0 Å². The number of fused-ring (bicyclic) bond motifs is 3. The van der Waals surface area contributed by atoms with Gasteiger partial charge in [-0.15, -0.1) is 0 Å². The average molecular weight is 715 g/mol. The maximum Gasteiger partial charge on any atom is 0.276 e. The summed E-state index contributed by atoms with van der Waals surface area (Å²) < 4.78 is 13.5. The van der Waals surface area contributed by atoms with Crippen molar-refractivity contribution < 1.29 is 14.3 Å². The number of aryl methyl sites for hydroxylation is 4. The monoisotopic (exact) mass is 714 g/mol. The molecule has 11 heteroatoms. The number of amides is 1. The standard InChI is InChI=1S/C42H50N8O3/c1-8-26-11-10-12-27(9-2)37(26)45-41(51)39-33-16-13-29-25-43-42(46-38(29)40(33)49(5)47-39)44-34-18-14-28(23-36(34)53-7)32-17-15-31(24-35(32)52-6)50-21-19-30(20-22-50)48(3)4/h10-12,14-15,17-18,23-25,30H,8-9,13,16,19-22H2,1-7H3,(H,45,51)(H,43,44,46). The van der Waals surface area contributed by atoms with E-state index in [1.807, 2.05) is 37.5 Å². The molecule has 1 aliphatic carbocycles. The van der Waals surface area contributed by atoms with Crippen LogP contribution in [-0.4, -0.2) is 78.0 Å². The van der Waals surface area contributed by atoms with Gasteiger partial charge in [-0.05, 0) is 99.1 Å². The van der Waals surface area contributed by atoms with Gasteiger partial charge >= 0.3 is 0 Å². The molecule has 276 valence electrons. The van der Waals surface area contributed by atoms with E-state index in [4.69, 9.17) is 19.6 Å². The number of carbonyl (C=O) groups excluding carboxylic acids is 1. The van der Waals surface area contributed by atoms with Crippen LogP contribution in [0.15, 0.2) is 60.8 Å². The van der Waals surface area contributed by atoms with Crippen LogP contribution < -0.4 is 25.0 Å². The van der Waals surface area contributed by atoms with Crippen LogP contribution in [0.4, 0.5) is 23.0 Å². The van der Waals surface area contributed by atoms with Crippen molar-refractivity contribution >= 4 is 28.9 Å². The number of ether oxygens (including phenoxy) is 2. The van der Waals surface area contributed by atoms with Crippen molar-refractivity contribution in [3.05, 3.63) is 88.7 Å². The summed E-state index contributed by atoms with van der Waals surface area (Å²) in [7, 11) is 9.58. The topological polar surface area (TPSA) is 110 Å². The largest absolute Gasteiger partial charge is 0.496 e. The van der Waals surface area contributed by atoms with Crippen molar-refractivity contribution in [3.8, 4) is 34.0 Å². The Bertz CT molecular complexity index is 2110. The summed E-state index contributed by atoms with van der Waals surface area (Å²) >= 11 is 0. The Morgan fingerprint density at radius 2 is 1.68 bits per heavy atom. The smallest absolute Gasteiger partial charge is 0.276 e. The number of nitrogens with zero attached hydrogens (tertiary/aromatic N) is 6. The Hall–Kier alpha value is -5.42. The minimum Gasteiger partial charge on any atom is -0.496 e. The summed E-state index contributed by atoms with van der Waals surface area (Å²) in [5.74, 6) is 1.70. The Kier molecular flexibility index (Phi) is 10.4. The third-order valence-corrected chi connectivity index (χ3v) is 10.8. The van der Waals surface area contributed by atoms with Gasteiger partial charge in [0, 0.05) is 60.9 Å². The highest BCUT2D eigenvalue weighted by atomic mass is 16.5. The van der Waals surface area contributed by atoms with Crippen molar-refractivity contribution in [1.29, 1.82) is 0 Å². The van der Waals surface area contributed by atoms with Crippen LogP contribution in [0.5, 0.6) is 11.5 Å². The van der Waals surface area contributed by atoms with Crippen LogP contribution >= 0.6 is 0 Å². The molecular weight excluding hydrogens is 665 g/mol. The summed E-state index contributed by atoms with van der Waals surface area (Å²) in [6.07, 6.45) is 7.21. The Labute approximate surface area is 312 Å². The molecule has 3 heterocycles. The molecule has 2 N–H and O–H groups in total. The number of hydrogen-bond acceptors (Lipinski definition) is 9. The van der Waals surface area contributed by atoms with Gasteiger partial charge in [-0.25, -0.2) is 9.97 Å². The van der Waals surface area contributed by atoms with Crippen LogP contribution in [-0.2, 0) is 32.7 Å². The fourth-order valence-corrected chi connectivity index (χ4v) is 7.81. The van der Waals surface area contributed by atoms with Crippen LogP contribution in [0.3, 0.4) is 0 Å². The number of aromatic nitrogens is 4. The van der Waals surface area contributed by atoms with Gasteiger partial charge in [0.1, 0.15) is 11.5 Å². The van der Waals surface area contributed by atoms with Gasteiger partial charge in [-0.1, -0.05) is 38.1 Å². The van der Waals surface area contributed by atoms with E-state index < -0.39 is 0 Å². The lowest BCUT2D eigenvalue weighted by atomic mass is 9.93. The first-order valence-electron chi connectivity index (χ1n) is 18.6. The Morgan fingerprint density at radius 1 is 0.943 bits per heavy atom. The number of piperidine rings is 1. The maximum absolute atomic E-state index is 13.8. The molecule has 1 saturated heterocycles. The quantitative estimate of drug-likeness (QED) is 0.146. The fourth-order valence-electron chi connectivity index (χ4n) is 7.81. The molecule has 11 nitrogen and oxygen atoms in total. The average Bonchev–Trinajstić information content (AvgIpc) is 3.54. The molecule has 0 radical (unpaired) electrons. The van der Waals surface area contributed by atoms with Crippen LogP contribution in [0.2, 0.25) is 0 Å². The Morgan fingerprint density at radius 3 is 2.36 bits per heavy atom. The number of rotatable bonds is 11. The number of nitrogens with one attached hydrogen (secondary N) is 2. The molecule has 5 aromatic rings. The summed E-state index contributed by atoms with van der Waals surface area (Å²) in [5.41, 5.74) is 10.9. The van der Waals surface area contributed by atoms with Gasteiger partial charge in [-0.3, -0.25) is 9.48 Å². The number of carbonyl (C=O) groups is 1. The fraction of sp³-hybridized carbons (Fsp3) is 0.381. The molecule has 0 unspecified atom stereocenters. The van der Waals surface area contributed by atoms with E-state index in [2.05, 4.69) is 83.7 Å². The number of hydrogen-bond donors (Lipinski definition) is 2. The lowest BCUT2D eigenvalue weighted by Gasteiger charge is -2.36. The normalized spacial score (nSPS) is 14.2. The van der Waals surface area contributed by atoms with E-state index in [1.54, 1.807) is 18.9 Å². The molecule has 0 bridgehead atoms. The van der Waals surface area contributed by atoms with Gasteiger partial charge in [0.15, 0.2) is 5.69 Å².